The van der Waals surface area contributed by atoms with Gasteiger partial charge < -0.3 is 28.5 Å². The molecule has 0 radical (unpaired) electrons. The molecule has 19 heteroatoms. The maximum absolute atomic E-state index is 6.33. The summed E-state index contributed by atoms with van der Waals surface area (Å²) in [6, 6.07) is 10.9. The minimum absolute atomic E-state index is 0. The van der Waals surface area contributed by atoms with Gasteiger partial charge in [-0.25, -0.2) is 0 Å². The summed E-state index contributed by atoms with van der Waals surface area (Å²) in [6.45, 7) is 5.42. The van der Waals surface area contributed by atoms with E-state index in [0.717, 1.165) is 17.9 Å². The number of oxime groups is 6. The number of fused-ring (bicyclic) bond motifs is 9. The maximum atomic E-state index is 6.33. The van der Waals surface area contributed by atoms with Crippen molar-refractivity contribution in [3.8, 4) is 0 Å². The molecule has 0 spiro atoms. The van der Waals surface area contributed by atoms with E-state index < -0.39 is 13.5 Å². The molecule has 0 amide bonds. The average Bonchev–Trinajstić information content (AvgIpc) is 3.06. The largest absolute Gasteiger partial charge is 2.00 e. The predicted octanol–water partition coefficient (Wildman–Crippen LogP) is 8.45. The van der Waals surface area contributed by atoms with Gasteiger partial charge in [0.25, 0.3) is 0 Å². The second kappa shape index (κ2) is 18.9. The summed E-state index contributed by atoms with van der Waals surface area (Å²) in [6.07, 6.45) is 2.49. The molecule has 49 heavy (non-hydrogen) atoms. The fraction of sp³-hybridized carbons (Fsp3) is 0.400. The van der Waals surface area contributed by atoms with Crippen molar-refractivity contribution >= 4 is 122 Å². The molecule has 0 aliphatic carbocycles. The standard InChI is InChI=1S/C30H36B2Br4N6O6.Fe/c1-7-25-26(8-2)38-44-32(20-15-23(35)18-24(36)16-20)47-41-29(11-5)27(9-3)39-45-31(43-37-25,19-13-21(33)17-22(34)14-19)46-40-28(10-4)30(12-6)42-48-32;/h13-18H,7-12H2,1-6H3;/q-2;+2/b37-25+,38-26+,39-27+,40-28+,41-29+,42-30+;. The van der Waals surface area contributed by atoms with Crippen LogP contribution in [-0.4, -0.2) is 47.8 Å². The molecule has 0 saturated heterocycles. The van der Waals surface area contributed by atoms with Gasteiger partial charge in [-0.15, -0.1) is 30.9 Å². The van der Waals surface area contributed by atoms with Gasteiger partial charge in [0.05, 0.1) is 34.3 Å². The molecular weight excluding hydrogens is 937 g/mol. The van der Waals surface area contributed by atoms with Crippen molar-refractivity contribution in [2.45, 2.75) is 80.1 Å². The first kappa shape index (κ1) is 41.3. The zero-order chi connectivity index (χ0) is 34.9. The Labute approximate surface area is 330 Å². The molecule has 3 aliphatic heterocycles. The molecule has 0 unspecified atom stereocenters. The molecule has 0 fully saturated rings. The third kappa shape index (κ3) is 10.00. The van der Waals surface area contributed by atoms with E-state index in [-0.39, 0.29) is 17.1 Å². The van der Waals surface area contributed by atoms with Crippen LogP contribution < -0.4 is 10.9 Å². The van der Waals surface area contributed by atoms with Crippen molar-refractivity contribution in [1.82, 2.24) is 0 Å². The van der Waals surface area contributed by atoms with E-state index in [2.05, 4.69) is 94.7 Å². The van der Waals surface area contributed by atoms with Crippen molar-refractivity contribution in [3.63, 3.8) is 0 Å². The number of hydrogen-bond donors (Lipinski definition) is 0. The third-order valence-corrected chi connectivity index (χ3v) is 9.24. The quantitative estimate of drug-likeness (QED) is 0.244. The van der Waals surface area contributed by atoms with Crippen molar-refractivity contribution in [2.75, 3.05) is 0 Å². The molecule has 0 N–H and O–H groups in total. The molecule has 3 aliphatic rings. The molecule has 3 heterocycles. The van der Waals surface area contributed by atoms with Gasteiger partial charge in [0, 0.05) is 17.9 Å². The minimum atomic E-state index is -3.04. The summed E-state index contributed by atoms with van der Waals surface area (Å²) < 4.78 is 40.9. The summed E-state index contributed by atoms with van der Waals surface area (Å²) in [5.41, 5.74) is 3.63. The zero-order valence-electron chi connectivity index (χ0n) is 27.9. The molecule has 12 nitrogen and oxygen atoms in total. The second-order valence-corrected chi connectivity index (χ2v) is 14.3. The second-order valence-electron chi connectivity index (χ2n) is 10.7. The van der Waals surface area contributed by atoms with Gasteiger partial charge >= 0.3 is 30.6 Å². The first-order valence-corrected chi connectivity index (χ1v) is 18.9. The van der Waals surface area contributed by atoms with E-state index in [4.69, 9.17) is 28.5 Å². The molecular formula is C30H36B2Br4FeN6O6. The van der Waals surface area contributed by atoms with Crippen LogP contribution in [0.2, 0.25) is 0 Å². The number of benzene rings is 2. The van der Waals surface area contributed by atoms with Crippen molar-refractivity contribution in [3.05, 3.63) is 54.3 Å². The molecule has 5 rings (SSSR count). The predicted molar refractivity (Wildman–Crippen MR) is 207 cm³/mol. The molecule has 264 valence electrons. The Hall–Kier alpha value is -2.17. The van der Waals surface area contributed by atoms with E-state index in [0.29, 0.717) is 83.7 Å². The molecule has 0 atom stereocenters. The van der Waals surface area contributed by atoms with E-state index in [1.54, 1.807) is 24.3 Å². The van der Waals surface area contributed by atoms with Crippen LogP contribution in [-0.2, 0) is 45.6 Å². The Kier molecular flexibility index (Phi) is 15.9. The van der Waals surface area contributed by atoms with Gasteiger partial charge in [0.2, 0.25) is 0 Å². The normalized spacial score (nSPS) is 27.8. The van der Waals surface area contributed by atoms with Gasteiger partial charge in [-0.05, 0) is 50.7 Å². The zero-order valence-corrected chi connectivity index (χ0v) is 35.3. The fourth-order valence-electron chi connectivity index (χ4n) is 4.76. The summed E-state index contributed by atoms with van der Waals surface area (Å²) in [7, 11) is 0. The molecule has 2 bridgehead atoms. The van der Waals surface area contributed by atoms with Crippen LogP contribution in [0, 0.1) is 0 Å². The van der Waals surface area contributed by atoms with Crippen molar-refractivity contribution in [2.24, 2.45) is 30.9 Å². The van der Waals surface area contributed by atoms with Crippen LogP contribution in [0.5, 0.6) is 0 Å². The van der Waals surface area contributed by atoms with Gasteiger partial charge in [-0.2, -0.15) is 0 Å². The molecule has 2 aromatic carbocycles. The smallest absolute Gasteiger partial charge is 0.536 e. The average molecular weight is 974 g/mol. The topological polar surface area (TPSA) is 130 Å². The Morgan fingerprint density at radius 3 is 0.735 bits per heavy atom. The van der Waals surface area contributed by atoms with Gasteiger partial charge in [-0.1, -0.05) is 140 Å². The Morgan fingerprint density at radius 1 is 0.388 bits per heavy atom. The van der Waals surface area contributed by atoms with Gasteiger partial charge in [0.15, 0.2) is 0 Å². The first-order valence-electron chi connectivity index (χ1n) is 15.8. The van der Waals surface area contributed by atoms with Crippen LogP contribution in [0.4, 0.5) is 0 Å². The Morgan fingerprint density at radius 2 is 0.571 bits per heavy atom. The molecule has 0 aromatic heterocycles. The minimum Gasteiger partial charge on any atom is -0.536 e. The Bertz CT molecular complexity index is 1420. The number of nitrogens with zero attached hydrogens (tertiary/aromatic N) is 6. The van der Waals surface area contributed by atoms with E-state index in [9.17, 15) is 0 Å². The monoisotopic (exact) mass is 970 g/mol. The van der Waals surface area contributed by atoms with Gasteiger partial charge in [-0.3, -0.25) is 0 Å². The van der Waals surface area contributed by atoms with Crippen LogP contribution in [0.15, 0.2) is 85.2 Å². The number of hydrogen-bond acceptors (Lipinski definition) is 12. The Balaban J connectivity index is 0.00000650. The van der Waals surface area contributed by atoms with Crippen molar-refractivity contribution < 1.29 is 45.6 Å². The number of halogens is 4. The van der Waals surface area contributed by atoms with E-state index in [1.165, 1.54) is 0 Å². The molecule has 2 aromatic rings. The van der Waals surface area contributed by atoms with Crippen LogP contribution >= 0.6 is 63.7 Å². The summed E-state index contributed by atoms with van der Waals surface area (Å²) in [5, 5.41) is 27.4. The first-order chi connectivity index (χ1) is 23.0. The van der Waals surface area contributed by atoms with E-state index in [1.807, 2.05) is 53.7 Å². The fourth-order valence-corrected chi connectivity index (χ4v) is 7.42. The summed E-state index contributed by atoms with van der Waals surface area (Å²) >= 11 is 14.3. The van der Waals surface area contributed by atoms with Crippen LogP contribution in [0.3, 0.4) is 0 Å². The maximum Gasteiger partial charge on any atom is 2.00 e. The number of rotatable bonds is 8. The molecule has 0 saturated carbocycles. The van der Waals surface area contributed by atoms with Gasteiger partial charge in [0.1, 0.15) is 0 Å². The third-order valence-electron chi connectivity index (χ3n) is 7.40. The summed E-state index contributed by atoms with van der Waals surface area (Å²) in [5.74, 6) is 0. The van der Waals surface area contributed by atoms with E-state index >= 15 is 0 Å². The van der Waals surface area contributed by atoms with Crippen LogP contribution in [0.25, 0.3) is 0 Å². The summed E-state index contributed by atoms with van der Waals surface area (Å²) in [4.78, 5) is 0. The van der Waals surface area contributed by atoms with Crippen LogP contribution in [0.1, 0.15) is 80.1 Å². The SMILES string of the molecule is CCC1=N\O[B-]2(c3cc(Br)cc(Br)c3)O/N=C(CC)/C(CC)=N/O[B-](c3cc(Br)cc(Br)c3)(O\N=C\1CC)O/N=C(CC)/C(CC)=N/O2.[Fe+2]. The van der Waals surface area contributed by atoms with Crippen molar-refractivity contribution in [1.29, 1.82) is 0 Å².